The van der Waals surface area contributed by atoms with Gasteiger partial charge in [0.15, 0.2) is 0 Å². The van der Waals surface area contributed by atoms with E-state index in [1.807, 2.05) is 24.0 Å². The van der Waals surface area contributed by atoms with Gasteiger partial charge in [0.1, 0.15) is 0 Å². The maximum Gasteiger partial charge on any atom is 0.226 e. The Morgan fingerprint density at radius 2 is 1.74 bits per heavy atom. The summed E-state index contributed by atoms with van der Waals surface area (Å²) in [5, 5.41) is 0. The summed E-state index contributed by atoms with van der Waals surface area (Å²) in [5.41, 5.74) is 2.00. The number of rotatable bonds is 5. The van der Waals surface area contributed by atoms with E-state index in [4.69, 9.17) is 0 Å². The number of carbonyl (C=O) groups is 2. The van der Waals surface area contributed by atoms with Crippen molar-refractivity contribution in [3.8, 4) is 0 Å². The maximum atomic E-state index is 13.6. The SMILES string of the molecule is CCC(=O)N1CCC2CCCC(CN(C(=O)CC(C)(C)C)Cc3ccccc31)N2CCC(C)C. The smallest absolute Gasteiger partial charge is 0.226 e. The van der Waals surface area contributed by atoms with Crippen LogP contribution in [0.2, 0.25) is 0 Å². The first-order chi connectivity index (χ1) is 16.1. The number of carbonyl (C=O) groups excluding carboxylic acids is 2. The van der Waals surface area contributed by atoms with Gasteiger partial charge in [-0.1, -0.05) is 66.2 Å². The van der Waals surface area contributed by atoms with Crippen LogP contribution in [0.1, 0.15) is 92.1 Å². The minimum Gasteiger partial charge on any atom is -0.337 e. The van der Waals surface area contributed by atoms with Gasteiger partial charge >= 0.3 is 0 Å². The highest BCUT2D eigenvalue weighted by Gasteiger charge is 2.35. The van der Waals surface area contributed by atoms with Gasteiger partial charge in [-0.05, 0) is 55.2 Å². The summed E-state index contributed by atoms with van der Waals surface area (Å²) in [6, 6.07) is 9.08. The number of amides is 2. The largest absolute Gasteiger partial charge is 0.337 e. The lowest BCUT2D eigenvalue weighted by Crippen LogP contribution is -2.53. The second-order valence-electron chi connectivity index (χ2n) is 12.0. The van der Waals surface area contributed by atoms with Gasteiger partial charge in [-0.2, -0.15) is 0 Å². The fourth-order valence-electron chi connectivity index (χ4n) is 5.53. The zero-order valence-electron chi connectivity index (χ0n) is 22.5. The van der Waals surface area contributed by atoms with Crippen LogP contribution in [-0.4, -0.2) is 53.3 Å². The second kappa shape index (κ2) is 11.7. The third-order valence-electron chi connectivity index (χ3n) is 7.38. The third kappa shape index (κ3) is 7.07. The fourth-order valence-corrected chi connectivity index (χ4v) is 5.53. The number of piperidine rings is 1. The minimum absolute atomic E-state index is 0.0561. The first-order valence-corrected chi connectivity index (χ1v) is 13.5. The van der Waals surface area contributed by atoms with Crippen molar-refractivity contribution in [2.45, 2.75) is 105 Å². The van der Waals surface area contributed by atoms with Crippen LogP contribution < -0.4 is 4.90 Å². The highest BCUT2D eigenvalue weighted by atomic mass is 16.2. The van der Waals surface area contributed by atoms with Gasteiger partial charge in [-0.3, -0.25) is 14.5 Å². The molecule has 0 aliphatic carbocycles. The molecule has 2 aliphatic rings. The lowest BCUT2D eigenvalue weighted by atomic mass is 9.90. The molecule has 1 fully saturated rings. The molecular weight excluding hydrogens is 422 g/mol. The summed E-state index contributed by atoms with van der Waals surface area (Å²) in [6.45, 7) is 16.1. The predicted molar refractivity (Wildman–Crippen MR) is 141 cm³/mol. The molecule has 0 spiro atoms. The van der Waals surface area contributed by atoms with Crippen molar-refractivity contribution in [3.05, 3.63) is 29.8 Å². The molecule has 1 saturated heterocycles. The van der Waals surface area contributed by atoms with Crippen molar-refractivity contribution in [3.63, 3.8) is 0 Å². The Morgan fingerprint density at radius 3 is 2.41 bits per heavy atom. The van der Waals surface area contributed by atoms with Crippen LogP contribution in [0.5, 0.6) is 0 Å². The number of anilines is 1. The van der Waals surface area contributed by atoms with Crippen molar-refractivity contribution in [2.24, 2.45) is 11.3 Å². The molecule has 1 aromatic rings. The Morgan fingerprint density at radius 1 is 1.03 bits per heavy atom. The average Bonchev–Trinajstić information content (AvgIpc) is 2.78. The first kappa shape index (κ1) is 26.7. The molecule has 0 N–H and O–H groups in total. The molecule has 34 heavy (non-hydrogen) atoms. The fraction of sp³-hybridized carbons (Fsp3) is 0.724. The molecule has 2 unspecified atom stereocenters. The van der Waals surface area contributed by atoms with Gasteiger partial charge in [0.2, 0.25) is 11.8 Å². The number of fused-ring (bicyclic) bond motifs is 3. The normalized spacial score (nSPS) is 22.3. The van der Waals surface area contributed by atoms with E-state index in [1.165, 1.54) is 19.3 Å². The summed E-state index contributed by atoms with van der Waals surface area (Å²) in [5.74, 6) is 1.04. The molecule has 5 nitrogen and oxygen atoms in total. The van der Waals surface area contributed by atoms with Crippen molar-refractivity contribution < 1.29 is 9.59 Å². The predicted octanol–water partition coefficient (Wildman–Crippen LogP) is 5.87. The van der Waals surface area contributed by atoms with E-state index >= 15 is 0 Å². The van der Waals surface area contributed by atoms with E-state index in [0.717, 1.165) is 43.7 Å². The lowest BCUT2D eigenvalue weighted by molar-refractivity contribution is -0.135. The quantitative estimate of drug-likeness (QED) is 0.542. The Labute approximate surface area is 207 Å². The molecule has 3 rings (SSSR count). The van der Waals surface area contributed by atoms with Crippen LogP contribution in [0, 0.1) is 11.3 Å². The topological polar surface area (TPSA) is 43.9 Å². The van der Waals surface area contributed by atoms with Crippen molar-refractivity contribution >= 4 is 17.5 Å². The molecule has 2 heterocycles. The molecule has 2 aliphatic heterocycles. The Bertz CT molecular complexity index is 829. The first-order valence-electron chi connectivity index (χ1n) is 13.5. The molecular formula is C29H47N3O2. The van der Waals surface area contributed by atoms with Crippen LogP contribution in [-0.2, 0) is 16.1 Å². The number of hydrogen-bond donors (Lipinski definition) is 0. The van der Waals surface area contributed by atoms with Crippen LogP contribution in [0.3, 0.4) is 0 Å². The van der Waals surface area contributed by atoms with E-state index in [1.54, 1.807) is 0 Å². The summed E-state index contributed by atoms with van der Waals surface area (Å²) < 4.78 is 0. The van der Waals surface area contributed by atoms with Crippen molar-refractivity contribution in [2.75, 3.05) is 24.5 Å². The van der Waals surface area contributed by atoms with E-state index in [-0.39, 0.29) is 17.2 Å². The molecule has 2 bridgehead atoms. The molecule has 2 amide bonds. The molecule has 0 radical (unpaired) electrons. The van der Waals surface area contributed by atoms with Gasteiger partial charge in [0.05, 0.1) is 0 Å². The van der Waals surface area contributed by atoms with Crippen LogP contribution in [0.25, 0.3) is 0 Å². The molecule has 2 atom stereocenters. The highest BCUT2D eigenvalue weighted by molar-refractivity contribution is 5.94. The van der Waals surface area contributed by atoms with Gasteiger partial charge in [0, 0.05) is 50.2 Å². The van der Waals surface area contributed by atoms with Crippen LogP contribution in [0.15, 0.2) is 24.3 Å². The summed E-state index contributed by atoms with van der Waals surface area (Å²) in [6.07, 6.45) is 6.71. The number of benzene rings is 1. The van der Waals surface area contributed by atoms with Crippen molar-refractivity contribution in [1.82, 2.24) is 9.80 Å². The molecule has 0 aromatic heterocycles. The van der Waals surface area contributed by atoms with Gasteiger partial charge in [0.25, 0.3) is 0 Å². The van der Waals surface area contributed by atoms with Gasteiger partial charge in [-0.25, -0.2) is 0 Å². The molecule has 1 aromatic carbocycles. The minimum atomic E-state index is -0.0561. The Balaban J connectivity index is 2.02. The van der Waals surface area contributed by atoms with Crippen molar-refractivity contribution in [1.29, 1.82) is 0 Å². The van der Waals surface area contributed by atoms with E-state index in [2.05, 4.69) is 56.6 Å². The molecule has 190 valence electrons. The number of hydrogen-bond acceptors (Lipinski definition) is 3. The lowest BCUT2D eigenvalue weighted by Gasteiger charge is -2.44. The van der Waals surface area contributed by atoms with Gasteiger partial charge < -0.3 is 9.80 Å². The van der Waals surface area contributed by atoms with E-state index in [0.29, 0.717) is 37.4 Å². The third-order valence-corrected chi connectivity index (χ3v) is 7.38. The maximum absolute atomic E-state index is 13.6. The summed E-state index contributed by atoms with van der Waals surface area (Å²) in [4.78, 5) is 33.5. The summed E-state index contributed by atoms with van der Waals surface area (Å²) >= 11 is 0. The highest BCUT2D eigenvalue weighted by Crippen LogP contribution is 2.32. The van der Waals surface area contributed by atoms with Crippen LogP contribution >= 0.6 is 0 Å². The second-order valence-corrected chi connectivity index (χ2v) is 12.0. The summed E-state index contributed by atoms with van der Waals surface area (Å²) in [7, 11) is 0. The standard InChI is InChI=1S/C29H47N3O2/c1-7-27(33)32-18-16-24-12-10-13-25(31(24)17-15-22(2)3)21-30(28(34)19-29(4,5)6)20-23-11-8-9-14-26(23)32/h8-9,11,14,22,24-25H,7,10,12-13,15-21H2,1-6H3. The average molecular weight is 470 g/mol. The Hall–Kier alpha value is -1.88. The van der Waals surface area contributed by atoms with E-state index in [9.17, 15) is 9.59 Å². The zero-order valence-corrected chi connectivity index (χ0v) is 22.5. The number of para-hydroxylation sites is 1. The zero-order chi connectivity index (χ0) is 24.9. The molecule has 5 heteroatoms. The number of nitrogens with zero attached hydrogens (tertiary/aromatic N) is 3. The molecule has 0 saturated carbocycles. The Kier molecular flexibility index (Phi) is 9.20. The van der Waals surface area contributed by atoms with Gasteiger partial charge in [-0.15, -0.1) is 0 Å². The monoisotopic (exact) mass is 469 g/mol. The van der Waals surface area contributed by atoms with Crippen LogP contribution in [0.4, 0.5) is 5.69 Å². The van der Waals surface area contributed by atoms with E-state index < -0.39 is 0 Å².